The van der Waals surface area contributed by atoms with Crippen molar-refractivity contribution < 1.29 is 6.85 Å². The van der Waals surface area contributed by atoms with Gasteiger partial charge in [-0.15, -0.1) is 11.3 Å². The Bertz CT molecular complexity index is 2360. The van der Waals surface area contributed by atoms with Gasteiger partial charge in [0.25, 0.3) is 0 Å². The van der Waals surface area contributed by atoms with Crippen LogP contribution in [0.5, 0.6) is 0 Å². The fraction of sp³-hybridized carbons (Fsp3) is 0. The van der Waals surface area contributed by atoms with E-state index in [4.69, 9.17) is 6.85 Å². The van der Waals surface area contributed by atoms with Crippen molar-refractivity contribution in [3.63, 3.8) is 0 Å². The Morgan fingerprint density at radius 2 is 1.05 bits per heavy atom. The summed E-state index contributed by atoms with van der Waals surface area (Å²) in [5, 5.41) is 6.07. The normalized spacial score (nSPS) is 13.4. The molecule has 0 spiro atoms. The number of fused-ring (bicyclic) bond motifs is 5. The molecule has 7 aromatic carbocycles. The summed E-state index contributed by atoms with van der Waals surface area (Å²) in [4.78, 5) is 0. The molecule has 0 nitrogen and oxygen atoms in total. The molecule has 1 aromatic heterocycles. The first-order valence-corrected chi connectivity index (χ1v) is 13.8. The van der Waals surface area contributed by atoms with Crippen LogP contribution >= 0.6 is 11.3 Å². The van der Waals surface area contributed by atoms with Crippen molar-refractivity contribution in [3.05, 3.63) is 145 Å². The van der Waals surface area contributed by atoms with Gasteiger partial charge in [0.05, 0.1) is 6.85 Å². The van der Waals surface area contributed by atoms with Crippen LogP contribution in [0.1, 0.15) is 6.85 Å². The maximum absolute atomic E-state index is 8.81. The molecule has 182 valence electrons. The molecule has 39 heavy (non-hydrogen) atoms. The van der Waals surface area contributed by atoms with Crippen molar-refractivity contribution in [2.75, 3.05) is 0 Å². The third-order valence-electron chi connectivity index (χ3n) is 7.55. The Morgan fingerprint density at radius 3 is 1.72 bits per heavy atom. The molecule has 0 saturated carbocycles. The number of thiophene rings is 1. The van der Waals surface area contributed by atoms with Gasteiger partial charge in [0.15, 0.2) is 0 Å². The van der Waals surface area contributed by atoms with E-state index in [1.54, 1.807) is 11.3 Å². The fourth-order valence-electron chi connectivity index (χ4n) is 5.92. The van der Waals surface area contributed by atoms with E-state index < -0.39 is 0 Å². The number of hydrogen-bond donors (Lipinski definition) is 0. The molecule has 0 saturated heterocycles. The average Bonchev–Trinajstić information content (AvgIpc) is 3.45. The Balaban J connectivity index is 1.48. The lowest BCUT2D eigenvalue weighted by Crippen LogP contribution is -1.90. The monoisotopic (exact) mass is 517 g/mol. The van der Waals surface area contributed by atoms with Crippen LogP contribution in [-0.4, -0.2) is 0 Å². The summed E-state index contributed by atoms with van der Waals surface area (Å²) in [6, 6.07) is 38.2. The fourth-order valence-corrected chi connectivity index (χ4v) is 7.04. The van der Waals surface area contributed by atoms with E-state index in [0.717, 1.165) is 32.7 Å². The van der Waals surface area contributed by atoms with E-state index in [1.807, 2.05) is 42.5 Å². The van der Waals surface area contributed by atoms with Crippen LogP contribution in [0.25, 0.3) is 75.1 Å². The van der Waals surface area contributed by atoms with E-state index in [1.165, 1.54) is 31.3 Å². The van der Waals surface area contributed by atoms with Crippen molar-refractivity contribution in [1.29, 1.82) is 0 Å². The molecular formula is C38H24S. The second kappa shape index (κ2) is 8.94. The minimum atomic E-state index is -0.389. The van der Waals surface area contributed by atoms with Crippen LogP contribution in [0.3, 0.4) is 0 Å². The molecule has 0 N–H and O–H groups in total. The van der Waals surface area contributed by atoms with Gasteiger partial charge in [-0.05, 0) is 73.1 Å². The SMILES string of the molecule is [2H]c1c([2H])c([2H])c(-c2c3ccccc3c(-c3ccc4sc5cccc(-c6ccccc6)c5c4c3)c3ccccc23)c([2H])c1[2H]. The molecule has 1 heterocycles. The first-order chi connectivity index (χ1) is 21.4. The largest absolute Gasteiger partial charge is 0.135 e. The predicted octanol–water partition coefficient (Wildman–Crippen LogP) is 11.4. The maximum atomic E-state index is 8.81. The van der Waals surface area contributed by atoms with Gasteiger partial charge in [0, 0.05) is 20.2 Å². The molecule has 1 heteroatoms. The lowest BCUT2D eigenvalue weighted by atomic mass is 9.85. The lowest BCUT2D eigenvalue weighted by molar-refractivity contribution is 1.66. The molecule has 0 atom stereocenters. The summed E-state index contributed by atoms with van der Waals surface area (Å²) in [6.45, 7) is 0. The van der Waals surface area contributed by atoms with Crippen LogP contribution in [0.15, 0.2) is 145 Å². The second-order valence-electron chi connectivity index (χ2n) is 9.70. The summed E-state index contributed by atoms with van der Waals surface area (Å²) in [6.07, 6.45) is 0. The van der Waals surface area contributed by atoms with Crippen molar-refractivity contribution >= 4 is 53.1 Å². The molecule has 8 aromatic rings. The minimum absolute atomic E-state index is 0.196. The summed E-state index contributed by atoms with van der Waals surface area (Å²) >= 11 is 1.80. The highest BCUT2D eigenvalue weighted by atomic mass is 32.1. The number of hydrogen-bond acceptors (Lipinski definition) is 1. The summed E-state index contributed by atoms with van der Waals surface area (Å²) < 4.78 is 45.0. The zero-order valence-electron chi connectivity index (χ0n) is 25.9. The highest BCUT2D eigenvalue weighted by Gasteiger charge is 2.18. The number of rotatable bonds is 3. The molecule has 0 amide bonds. The van der Waals surface area contributed by atoms with Gasteiger partial charge in [-0.1, -0.05) is 127 Å². The van der Waals surface area contributed by atoms with Gasteiger partial charge in [-0.3, -0.25) is 0 Å². The highest BCUT2D eigenvalue weighted by molar-refractivity contribution is 7.26. The second-order valence-corrected chi connectivity index (χ2v) is 10.8. The van der Waals surface area contributed by atoms with Gasteiger partial charge in [0.1, 0.15) is 0 Å². The summed E-state index contributed by atoms with van der Waals surface area (Å²) in [5.41, 5.74) is 5.40. The minimum Gasteiger partial charge on any atom is -0.135 e. The topological polar surface area (TPSA) is 0 Å². The van der Waals surface area contributed by atoms with Crippen LogP contribution in [0, 0.1) is 0 Å². The Kier molecular flexibility index (Phi) is 4.06. The molecule has 8 rings (SSSR count). The molecule has 0 unspecified atom stereocenters. The molecule has 0 bridgehead atoms. The maximum Gasteiger partial charge on any atom is 0.0629 e. The van der Waals surface area contributed by atoms with E-state index >= 15 is 0 Å². The smallest absolute Gasteiger partial charge is 0.0629 e. The first-order valence-electron chi connectivity index (χ1n) is 15.5. The first kappa shape index (κ1) is 17.7. The van der Waals surface area contributed by atoms with Gasteiger partial charge >= 0.3 is 0 Å². The zero-order chi connectivity index (χ0) is 30.1. The lowest BCUT2D eigenvalue weighted by Gasteiger charge is -2.17. The third kappa shape index (κ3) is 3.51. The molecule has 0 fully saturated rings. The zero-order valence-corrected chi connectivity index (χ0v) is 21.7. The van der Waals surface area contributed by atoms with E-state index in [9.17, 15) is 0 Å². The predicted molar refractivity (Wildman–Crippen MR) is 171 cm³/mol. The van der Waals surface area contributed by atoms with Crippen molar-refractivity contribution in [2.24, 2.45) is 0 Å². The van der Waals surface area contributed by atoms with Gasteiger partial charge in [0.2, 0.25) is 0 Å². The molecule has 0 aliphatic rings. The Hall–Kier alpha value is -4.72. The van der Waals surface area contributed by atoms with Crippen LogP contribution in [0.4, 0.5) is 0 Å². The average molecular weight is 518 g/mol. The third-order valence-corrected chi connectivity index (χ3v) is 8.69. The van der Waals surface area contributed by atoms with E-state index in [0.29, 0.717) is 5.56 Å². The molecule has 0 aliphatic carbocycles. The highest BCUT2D eigenvalue weighted by Crippen LogP contribution is 2.46. The van der Waals surface area contributed by atoms with Crippen LogP contribution < -0.4 is 0 Å². The van der Waals surface area contributed by atoms with Crippen LogP contribution in [-0.2, 0) is 0 Å². The van der Waals surface area contributed by atoms with Gasteiger partial charge in [-0.25, -0.2) is 0 Å². The standard InChI is InChI=1S/C38H24S/c1-3-12-25(13-4-1)28-20-11-21-35-38(28)33-24-27(22-23-34(33)39-35)37-31-18-9-7-16-29(31)36(26-14-5-2-6-15-26)30-17-8-10-19-32(30)37/h1-24H/i2D,5D,6D,14D,15D. The van der Waals surface area contributed by atoms with E-state index in [2.05, 4.69) is 72.8 Å². The summed E-state index contributed by atoms with van der Waals surface area (Å²) in [5.74, 6) is 0. The molecule has 0 aliphatic heterocycles. The van der Waals surface area contributed by atoms with Crippen molar-refractivity contribution in [2.45, 2.75) is 0 Å². The van der Waals surface area contributed by atoms with Crippen molar-refractivity contribution in [1.82, 2.24) is 0 Å². The van der Waals surface area contributed by atoms with Gasteiger partial charge in [-0.2, -0.15) is 0 Å². The van der Waals surface area contributed by atoms with E-state index in [-0.39, 0.29) is 35.8 Å². The summed E-state index contributed by atoms with van der Waals surface area (Å²) in [7, 11) is 0. The molecular weight excluding hydrogens is 488 g/mol. The van der Waals surface area contributed by atoms with Gasteiger partial charge < -0.3 is 0 Å². The Labute approximate surface area is 238 Å². The number of benzene rings is 7. The van der Waals surface area contributed by atoms with Crippen LogP contribution in [0.2, 0.25) is 0 Å². The van der Waals surface area contributed by atoms with Crippen molar-refractivity contribution in [3.8, 4) is 33.4 Å². The Morgan fingerprint density at radius 1 is 0.436 bits per heavy atom. The molecule has 0 radical (unpaired) electrons. The quantitative estimate of drug-likeness (QED) is 0.204.